The average Bonchev–Trinajstić information content (AvgIpc) is 2.46. The molecule has 0 aliphatic rings. The van der Waals surface area contributed by atoms with Crippen LogP contribution in [-0.4, -0.2) is 9.97 Å². The van der Waals surface area contributed by atoms with Crippen molar-refractivity contribution in [2.45, 2.75) is 13.3 Å². The molecule has 0 aliphatic heterocycles. The van der Waals surface area contributed by atoms with Gasteiger partial charge in [0.15, 0.2) is 5.82 Å². The monoisotopic (exact) mass is 268 g/mol. The van der Waals surface area contributed by atoms with Gasteiger partial charge in [0.25, 0.3) is 0 Å². The second-order valence-electron chi connectivity index (χ2n) is 4.42. The minimum atomic E-state index is 0.495. The lowest BCUT2D eigenvalue weighted by atomic mass is 10.1. The number of benzene rings is 2. The van der Waals surface area contributed by atoms with Crippen LogP contribution < -0.4 is 0 Å². The number of halogens is 1. The number of nitrogens with zero attached hydrogens (tertiary/aromatic N) is 2. The number of aromatic nitrogens is 2. The van der Waals surface area contributed by atoms with Gasteiger partial charge in [0.05, 0.1) is 0 Å². The van der Waals surface area contributed by atoms with Gasteiger partial charge in [0.2, 0.25) is 0 Å². The lowest BCUT2D eigenvalue weighted by molar-refractivity contribution is 1.01. The molecule has 94 valence electrons. The van der Waals surface area contributed by atoms with Crippen LogP contribution >= 0.6 is 11.6 Å². The third-order valence-corrected chi connectivity index (χ3v) is 3.31. The number of rotatable bonds is 2. The van der Waals surface area contributed by atoms with Gasteiger partial charge in [-0.3, -0.25) is 0 Å². The summed E-state index contributed by atoms with van der Waals surface area (Å²) in [6.07, 6.45) is 0.850. The molecule has 1 heterocycles. The molecule has 1 aromatic heterocycles. The van der Waals surface area contributed by atoms with Gasteiger partial charge >= 0.3 is 0 Å². The highest BCUT2D eigenvalue weighted by molar-refractivity contribution is 6.29. The molecular weight excluding hydrogens is 256 g/mol. The summed E-state index contributed by atoms with van der Waals surface area (Å²) >= 11 is 6.05. The molecule has 19 heavy (non-hydrogen) atoms. The Hall–Kier alpha value is -1.93. The highest BCUT2D eigenvalue weighted by Gasteiger charge is 2.06. The first-order chi connectivity index (χ1) is 9.26. The van der Waals surface area contributed by atoms with Crippen LogP contribution in [0.2, 0.25) is 5.15 Å². The van der Waals surface area contributed by atoms with Crippen LogP contribution in [0, 0.1) is 0 Å². The zero-order valence-electron chi connectivity index (χ0n) is 10.6. The first-order valence-corrected chi connectivity index (χ1v) is 6.66. The molecule has 0 N–H and O–H groups in total. The van der Waals surface area contributed by atoms with E-state index in [2.05, 4.69) is 41.2 Å². The van der Waals surface area contributed by atoms with Crippen LogP contribution in [0.1, 0.15) is 12.6 Å². The second kappa shape index (κ2) is 4.98. The highest BCUT2D eigenvalue weighted by Crippen LogP contribution is 2.23. The van der Waals surface area contributed by atoms with Crippen LogP contribution in [0.15, 0.2) is 48.5 Å². The van der Waals surface area contributed by atoms with E-state index in [1.54, 1.807) is 0 Å². The first-order valence-electron chi connectivity index (χ1n) is 6.29. The Morgan fingerprint density at radius 2 is 1.74 bits per heavy atom. The summed E-state index contributed by atoms with van der Waals surface area (Å²) < 4.78 is 0. The van der Waals surface area contributed by atoms with Gasteiger partial charge in [-0.1, -0.05) is 54.9 Å². The van der Waals surface area contributed by atoms with Crippen LogP contribution in [0.5, 0.6) is 0 Å². The van der Waals surface area contributed by atoms with E-state index in [4.69, 9.17) is 11.6 Å². The summed E-state index contributed by atoms with van der Waals surface area (Å²) in [4.78, 5) is 8.85. The third kappa shape index (κ3) is 2.45. The molecule has 0 unspecified atom stereocenters. The lowest BCUT2D eigenvalue weighted by Crippen LogP contribution is -1.95. The number of hydrogen-bond donors (Lipinski definition) is 0. The van der Waals surface area contributed by atoms with Gasteiger partial charge in [0.1, 0.15) is 5.15 Å². The zero-order valence-corrected chi connectivity index (χ0v) is 11.4. The van der Waals surface area contributed by atoms with Gasteiger partial charge in [-0.25, -0.2) is 9.97 Å². The Labute approximate surface area is 117 Å². The standard InChI is InChI=1S/C16H13ClN2/c1-2-14-10-15(17)19-16(18-14)13-8-7-11-5-3-4-6-12(11)9-13/h3-10H,2H2,1H3. The van der Waals surface area contributed by atoms with E-state index in [0.29, 0.717) is 11.0 Å². The van der Waals surface area contributed by atoms with E-state index in [-0.39, 0.29) is 0 Å². The SMILES string of the molecule is CCc1cc(Cl)nc(-c2ccc3ccccc3c2)n1. The molecular formula is C16H13ClN2. The predicted molar refractivity (Wildman–Crippen MR) is 79.4 cm³/mol. The Bertz CT molecular complexity index is 738. The van der Waals surface area contributed by atoms with Crippen molar-refractivity contribution in [3.63, 3.8) is 0 Å². The zero-order chi connectivity index (χ0) is 13.2. The number of aryl methyl sites for hydroxylation is 1. The van der Waals surface area contributed by atoms with E-state index in [9.17, 15) is 0 Å². The Kier molecular flexibility index (Phi) is 3.18. The maximum atomic E-state index is 6.05. The third-order valence-electron chi connectivity index (χ3n) is 3.12. The minimum Gasteiger partial charge on any atom is -0.233 e. The van der Waals surface area contributed by atoms with E-state index in [1.807, 2.05) is 24.3 Å². The van der Waals surface area contributed by atoms with Crippen molar-refractivity contribution in [3.05, 3.63) is 59.4 Å². The first kappa shape index (κ1) is 12.1. The molecule has 2 nitrogen and oxygen atoms in total. The molecule has 0 spiro atoms. The Morgan fingerprint density at radius 3 is 2.53 bits per heavy atom. The molecule has 3 aromatic rings. The summed E-state index contributed by atoms with van der Waals surface area (Å²) in [7, 11) is 0. The fourth-order valence-corrected chi connectivity index (χ4v) is 2.31. The summed E-state index contributed by atoms with van der Waals surface area (Å²) in [5.74, 6) is 0.690. The van der Waals surface area contributed by atoms with Crippen molar-refractivity contribution in [2.75, 3.05) is 0 Å². The van der Waals surface area contributed by atoms with Crippen molar-refractivity contribution in [1.82, 2.24) is 9.97 Å². The molecule has 0 saturated carbocycles. The smallest absolute Gasteiger partial charge is 0.161 e. The molecule has 0 bridgehead atoms. The lowest BCUT2D eigenvalue weighted by Gasteiger charge is -2.05. The molecule has 0 aliphatic carbocycles. The van der Waals surface area contributed by atoms with Crippen LogP contribution in [0.25, 0.3) is 22.2 Å². The quantitative estimate of drug-likeness (QED) is 0.639. The van der Waals surface area contributed by atoms with E-state index in [1.165, 1.54) is 10.8 Å². The van der Waals surface area contributed by atoms with Crippen molar-refractivity contribution < 1.29 is 0 Å². The van der Waals surface area contributed by atoms with Crippen molar-refractivity contribution in [3.8, 4) is 11.4 Å². The molecule has 0 radical (unpaired) electrons. The van der Waals surface area contributed by atoms with Crippen LogP contribution in [0.4, 0.5) is 0 Å². The highest BCUT2D eigenvalue weighted by atomic mass is 35.5. The van der Waals surface area contributed by atoms with Crippen molar-refractivity contribution >= 4 is 22.4 Å². The van der Waals surface area contributed by atoms with E-state index < -0.39 is 0 Å². The van der Waals surface area contributed by atoms with Gasteiger partial charge in [0, 0.05) is 11.3 Å². The van der Waals surface area contributed by atoms with Gasteiger partial charge < -0.3 is 0 Å². The van der Waals surface area contributed by atoms with Crippen molar-refractivity contribution in [2.24, 2.45) is 0 Å². The van der Waals surface area contributed by atoms with Crippen LogP contribution in [0.3, 0.4) is 0 Å². The second-order valence-corrected chi connectivity index (χ2v) is 4.81. The van der Waals surface area contributed by atoms with E-state index >= 15 is 0 Å². The fraction of sp³-hybridized carbons (Fsp3) is 0.125. The summed E-state index contributed by atoms with van der Waals surface area (Å²) in [5, 5.41) is 2.89. The molecule has 0 fully saturated rings. The molecule has 0 saturated heterocycles. The predicted octanol–water partition coefficient (Wildman–Crippen LogP) is 4.51. The van der Waals surface area contributed by atoms with Gasteiger partial charge in [-0.15, -0.1) is 0 Å². The average molecular weight is 269 g/mol. The Balaban J connectivity index is 2.15. The van der Waals surface area contributed by atoms with Gasteiger partial charge in [-0.05, 0) is 29.3 Å². The molecule has 3 rings (SSSR count). The molecule has 3 heteroatoms. The maximum Gasteiger partial charge on any atom is 0.161 e. The van der Waals surface area contributed by atoms with E-state index in [0.717, 1.165) is 17.7 Å². The molecule has 0 amide bonds. The number of hydrogen-bond acceptors (Lipinski definition) is 2. The fourth-order valence-electron chi connectivity index (χ4n) is 2.10. The van der Waals surface area contributed by atoms with Gasteiger partial charge in [-0.2, -0.15) is 0 Å². The number of fused-ring (bicyclic) bond motifs is 1. The molecule has 2 aromatic carbocycles. The molecule has 0 atom stereocenters. The normalized spacial score (nSPS) is 10.8. The minimum absolute atomic E-state index is 0.495. The maximum absolute atomic E-state index is 6.05. The summed E-state index contributed by atoms with van der Waals surface area (Å²) in [6.45, 7) is 2.06. The van der Waals surface area contributed by atoms with Crippen molar-refractivity contribution in [1.29, 1.82) is 0 Å². The van der Waals surface area contributed by atoms with Crippen LogP contribution in [-0.2, 0) is 6.42 Å². The Morgan fingerprint density at radius 1 is 0.947 bits per heavy atom. The summed E-state index contributed by atoms with van der Waals surface area (Å²) in [6, 6.07) is 16.3. The largest absolute Gasteiger partial charge is 0.233 e. The summed E-state index contributed by atoms with van der Waals surface area (Å²) in [5.41, 5.74) is 1.96. The topological polar surface area (TPSA) is 25.8 Å².